The fourth-order valence-electron chi connectivity index (χ4n) is 2.44. The number of nitrogens with two attached hydrogens (primary N) is 1. The molecule has 1 aromatic rings. The number of aromatic nitrogens is 2. The molecule has 1 saturated carbocycles. The molecule has 4 heteroatoms. The van der Waals surface area contributed by atoms with Crippen LogP contribution in [0.3, 0.4) is 0 Å². The van der Waals surface area contributed by atoms with Gasteiger partial charge < -0.3 is 10.3 Å². The second-order valence-corrected chi connectivity index (χ2v) is 5.36. The highest BCUT2D eigenvalue weighted by Gasteiger charge is 2.29. The molecule has 0 aromatic carbocycles. The standard InChI is InChI=1S/C11H19N3S/c1-8(12)10-6-13-7-14(10)9-4-3-5-11(9)15-2/h6-9,11H,3-5,12H2,1-2H3/t8-,9?,11?/m1/s1. The molecule has 2 unspecified atom stereocenters. The van der Waals surface area contributed by atoms with E-state index in [2.05, 4.69) is 15.8 Å². The predicted molar refractivity (Wildman–Crippen MR) is 65.0 cm³/mol. The van der Waals surface area contributed by atoms with E-state index in [0.29, 0.717) is 6.04 Å². The van der Waals surface area contributed by atoms with E-state index in [-0.39, 0.29) is 6.04 Å². The lowest BCUT2D eigenvalue weighted by Gasteiger charge is -2.22. The minimum atomic E-state index is 0.0793. The van der Waals surface area contributed by atoms with Gasteiger partial charge in [-0.05, 0) is 26.0 Å². The smallest absolute Gasteiger partial charge is 0.0951 e. The monoisotopic (exact) mass is 225 g/mol. The number of hydrogen-bond donors (Lipinski definition) is 1. The van der Waals surface area contributed by atoms with Gasteiger partial charge in [0.1, 0.15) is 0 Å². The van der Waals surface area contributed by atoms with Gasteiger partial charge in [-0.3, -0.25) is 0 Å². The minimum absolute atomic E-state index is 0.0793. The molecule has 1 aliphatic carbocycles. The lowest BCUT2D eigenvalue weighted by atomic mass is 10.2. The highest BCUT2D eigenvalue weighted by atomic mass is 32.2. The second-order valence-electron chi connectivity index (χ2n) is 4.29. The van der Waals surface area contributed by atoms with Crippen LogP contribution in [0.15, 0.2) is 12.5 Å². The van der Waals surface area contributed by atoms with E-state index < -0.39 is 0 Å². The molecule has 0 saturated heterocycles. The maximum Gasteiger partial charge on any atom is 0.0951 e. The molecule has 0 spiro atoms. The molecule has 1 aliphatic rings. The zero-order valence-electron chi connectivity index (χ0n) is 9.39. The first kappa shape index (κ1) is 11.0. The van der Waals surface area contributed by atoms with Gasteiger partial charge in [0, 0.05) is 23.5 Å². The molecule has 84 valence electrons. The highest BCUT2D eigenvalue weighted by molar-refractivity contribution is 7.99. The Balaban J connectivity index is 2.24. The molecule has 2 rings (SSSR count). The number of thioether (sulfide) groups is 1. The third-order valence-corrected chi connectivity index (χ3v) is 4.40. The summed E-state index contributed by atoms with van der Waals surface area (Å²) >= 11 is 1.97. The fourth-order valence-corrected chi connectivity index (χ4v) is 3.43. The summed E-state index contributed by atoms with van der Waals surface area (Å²) in [4.78, 5) is 4.23. The lowest BCUT2D eigenvalue weighted by Crippen LogP contribution is -2.20. The van der Waals surface area contributed by atoms with Crippen molar-refractivity contribution in [2.24, 2.45) is 5.73 Å². The average molecular weight is 225 g/mol. The molecule has 0 bridgehead atoms. The maximum absolute atomic E-state index is 5.95. The molecule has 1 heterocycles. The largest absolute Gasteiger partial charge is 0.329 e. The van der Waals surface area contributed by atoms with E-state index in [1.807, 2.05) is 31.2 Å². The second kappa shape index (κ2) is 4.58. The van der Waals surface area contributed by atoms with Crippen molar-refractivity contribution in [3.05, 3.63) is 18.2 Å². The van der Waals surface area contributed by atoms with Crippen LogP contribution in [0.2, 0.25) is 0 Å². The summed E-state index contributed by atoms with van der Waals surface area (Å²) < 4.78 is 2.29. The Morgan fingerprint density at radius 3 is 3.07 bits per heavy atom. The molecule has 0 amide bonds. The Morgan fingerprint density at radius 1 is 1.60 bits per heavy atom. The molecule has 1 aromatic heterocycles. The Labute approximate surface area is 95.4 Å². The molecule has 3 atom stereocenters. The van der Waals surface area contributed by atoms with Gasteiger partial charge >= 0.3 is 0 Å². The third kappa shape index (κ3) is 2.06. The van der Waals surface area contributed by atoms with Crippen molar-refractivity contribution >= 4 is 11.8 Å². The van der Waals surface area contributed by atoms with Crippen molar-refractivity contribution in [3.63, 3.8) is 0 Å². The molecule has 0 radical (unpaired) electrons. The first-order valence-electron chi connectivity index (χ1n) is 5.54. The summed E-state index contributed by atoms with van der Waals surface area (Å²) in [6.07, 6.45) is 9.96. The van der Waals surface area contributed by atoms with E-state index in [9.17, 15) is 0 Å². The van der Waals surface area contributed by atoms with Crippen molar-refractivity contribution in [1.82, 2.24) is 9.55 Å². The molecule has 2 N–H and O–H groups in total. The average Bonchev–Trinajstić information content (AvgIpc) is 2.85. The summed E-state index contributed by atoms with van der Waals surface area (Å²) in [5.41, 5.74) is 7.11. The van der Waals surface area contributed by atoms with Crippen LogP contribution in [-0.4, -0.2) is 21.1 Å². The SMILES string of the molecule is CSC1CCCC1n1cncc1[C@@H](C)N. The summed E-state index contributed by atoms with van der Waals surface area (Å²) in [5, 5.41) is 0.733. The van der Waals surface area contributed by atoms with Gasteiger partial charge in [0.05, 0.1) is 12.0 Å². The van der Waals surface area contributed by atoms with Gasteiger partial charge in [0.25, 0.3) is 0 Å². The van der Waals surface area contributed by atoms with Crippen molar-refractivity contribution in [2.75, 3.05) is 6.26 Å². The van der Waals surface area contributed by atoms with Gasteiger partial charge in [-0.2, -0.15) is 11.8 Å². The molecule has 3 nitrogen and oxygen atoms in total. The van der Waals surface area contributed by atoms with Crippen LogP contribution in [-0.2, 0) is 0 Å². The topological polar surface area (TPSA) is 43.8 Å². The third-order valence-electron chi connectivity index (χ3n) is 3.24. The Kier molecular flexibility index (Phi) is 3.36. The minimum Gasteiger partial charge on any atom is -0.329 e. The van der Waals surface area contributed by atoms with E-state index in [0.717, 1.165) is 5.25 Å². The first-order chi connectivity index (χ1) is 7.24. The molecule has 0 aliphatic heterocycles. The van der Waals surface area contributed by atoms with Crippen LogP contribution in [0.25, 0.3) is 0 Å². The zero-order chi connectivity index (χ0) is 10.8. The van der Waals surface area contributed by atoms with Crippen LogP contribution in [0.1, 0.15) is 44.0 Å². The van der Waals surface area contributed by atoms with Gasteiger partial charge in [-0.25, -0.2) is 4.98 Å². The quantitative estimate of drug-likeness (QED) is 0.859. The lowest BCUT2D eigenvalue weighted by molar-refractivity contribution is 0.497. The molecule has 15 heavy (non-hydrogen) atoms. The molecular formula is C11H19N3S. The number of rotatable bonds is 3. The molecular weight excluding hydrogens is 206 g/mol. The van der Waals surface area contributed by atoms with Crippen LogP contribution in [0.4, 0.5) is 0 Å². The summed E-state index contributed by atoms with van der Waals surface area (Å²) in [6.45, 7) is 2.02. The van der Waals surface area contributed by atoms with Crippen molar-refractivity contribution in [2.45, 2.75) is 43.5 Å². The summed E-state index contributed by atoms with van der Waals surface area (Å²) in [6, 6.07) is 0.680. The number of imidazole rings is 1. The van der Waals surface area contributed by atoms with E-state index in [1.165, 1.54) is 25.0 Å². The number of nitrogens with zero attached hydrogens (tertiary/aromatic N) is 2. The van der Waals surface area contributed by atoms with Crippen molar-refractivity contribution < 1.29 is 0 Å². The maximum atomic E-state index is 5.95. The van der Waals surface area contributed by atoms with Crippen LogP contribution < -0.4 is 5.73 Å². The molecule has 1 fully saturated rings. The van der Waals surface area contributed by atoms with Crippen molar-refractivity contribution in [1.29, 1.82) is 0 Å². The fraction of sp³-hybridized carbons (Fsp3) is 0.727. The van der Waals surface area contributed by atoms with E-state index in [4.69, 9.17) is 5.73 Å². The van der Waals surface area contributed by atoms with Crippen LogP contribution in [0, 0.1) is 0 Å². The van der Waals surface area contributed by atoms with Crippen molar-refractivity contribution in [3.8, 4) is 0 Å². The predicted octanol–water partition coefficient (Wildman–Crippen LogP) is 2.36. The Bertz CT molecular complexity index is 321. The van der Waals surface area contributed by atoms with Crippen LogP contribution >= 0.6 is 11.8 Å². The summed E-state index contributed by atoms with van der Waals surface area (Å²) in [7, 11) is 0. The normalized spacial score (nSPS) is 28.2. The highest BCUT2D eigenvalue weighted by Crippen LogP contribution is 2.38. The number of hydrogen-bond acceptors (Lipinski definition) is 3. The zero-order valence-corrected chi connectivity index (χ0v) is 10.2. The summed E-state index contributed by atoms with van der Waals surface area (Å²) in [5.74, 6) is 0. The Morgan fingerprint density at radius 2 is 2.40 bits per heavy atom. The van der Waals surface area contributed by atoms with E-state index >= 15 is 0 Å². The Hall–Kier alpha value is -0.480. The van der Waals surface area contributed by atoms with E-state index in [1.54, 1.807) is 0 Å². The van der Waals surface area contributed by atoms with Gasteiger partial charge in [-0.1, -0.05) is 6.42 Å². The van der Waals surface area contributed by atoms with Gasteiger partial charge in [0.2, 0.25) is 0 Å². The van der Waals surface area contributed by atoms with Crippen LogP contribution in [0.5, 0.6) is 0 Å². The first-order valence-corrected chi connectivity index (χ1v) is 6.83. The van der Waals surface area contributed by atoms with Gasteiger partial charge in [0.15, 0.2) is 0 Å². The van der Waals surface area contributed by atoms with Gasteiger partial charge in [-0.15, -0.1) is 0 Å².